The highest BCUT2D eigenvalue weighted by Gasteiger charge is 2.45. The monoisotopic (exact) mass is 186 g/mol. The molecule has 0 radical (unpaired) electrons. The lowest BCUT2D eigenvalue weighted by molar-refractivity contribution is 0.206. The van der Waals surface area contributed by atoms with Crippen LogP contribution in [0.25, 0.3) is 0 Å². The molecule has 0 aliphatic carbocycles. The fourth-order valence-corrected chi connectivity index (χ4v) is 3.43. The number of urea groups is 1. The van der Waals surface area contributed by atoms with Gasteiger partial charge in [-0.1, -0.05) is 6.92 Å². The average Bonchev–Trinajstić information content (AvgIpc) is 2.52. The first-order valence-electron chi connectivity index (χ1n) is 4.42. The van der Waals surface area contributed by atoms with E-state index in [2.05, 4.69) is 12.2 Å². The number of hydrogen-bond acceptors (Lipinski definition) is 2. The number of nitrogens with zero attached hydrogens (tertiary/aromatic N) is 1. The first-order valence-corrected chi connectivity index (χ1v) is 5.47. The molecule has 3 atom stereocenters. The molecule has 0 aromatic carbocycles. The Balaban J connectivity index is 2.18. The first kappa shape index (κ1) is 8.23. The molecule has 2 aliphatic heterocycles. The van der Waals surface area contributed by atoms with Gasteiger partial charge in [-0.3, -0.25) is 0 Å². The van der Waals surface area contributed by atoms with E-state index in [9.17, 15) is 4.79 Å². The first-order chi connectivity index (χ1) is 5.74. The molecule has 4 heteroatoms. The largest absolute Gasteiger partial charge is 0.332 e. The predicted molar refractivity (Wildman–Crippen MR) is 50.4 cm³/mol. The lowest BCUT2D eigenvalue weighted by Crippen LogP contribution is -2.39. The van der Waals surface area contributed by atoms with Crippen molar-refractivity contribution in [2.45, 2.75) is 31.2 Å². The summed E-state index contributed by atoms with van der Waals surface area (Å²) in [6.45, 7) is 5.08. The standard InChI is InChI=1S/C8H14N2OS/c1-3-10-7-5(2)12-4-6(7)9-8(10)11/h5-7H,3-4H2,1-2H3,(H,9,11)/t5-,6?,7+/m0/s1. The number of likely N-dealkylation sites (N-methyl/N-ethyl adjacent to an activating group) is 1. The van der Waals surface area contributed by atoms with E-state index in [1.165, 1.54) is 0 Å². The van der Waals surface area contributed by atoms with Crippen LogP contribution >= 0.6 is 11.8 Å². The van der Waals surface area contributed by atoms with Gasteiger partial charge >= 0.3 is 6.03 Å². The molecule has 1 unspecified atom stereocenters. The number of fused-ring (bicyclic) bond motifs is 1. The SMILES string of the molecule is CCN1C(=O)NC2CS[C@@H](C)[C@H]21. The average molecular weight is 186 g/mol. The van der Waals surface area contributed by atoms with Gasteiger partial charge in [0.2, 0.25) is 0 Å². The Morgan fingerprint density at radius 3 is 3.17 bits per heavy atom. The van der Waals surface area contributed by atoms with Crippen LogP contribution in [0.2, 0.25) is 0 Å². The Kier molecular flexibility index (Phi) is 1.94. The van der Waals surface area contributed by atoms with Crippen LogP contribution in [0.1, 0.15) is 13.8 Å². The Morgan fingerprint density at radius 1 is 1.75 bits per heavy atom. The molecule has 0 spiro atoms. The molecule has 0 saturated carbocycles. The van der Waals surface area contributed by atoms with E-state index in [0.717, 1.165) is 12.3 Å². The highest BCUT2D eigenvalue weighted by atomic mass is 32.2. The van der Waals surface area contributed by atoms with Gasteiger partial charge in [0.05, 0.1) is 12.1 Å². The second-order valence-electron chi connectivity index (χ2n) is 3.37. The summed E-state index contributed by atoms with van der Waals surface area (Å²) in [6, 6.07) is 0.963. The minimum Gasteiger partial charge on any atom is -0.332 e. The zero-order valence-electron chi connectivity index (χ0n) is 7.41. The lowest BCUT2D eigenvalue weighted by Gasteiger charge is -2.23. The molecule has 2 saturated heterocycles. The third-order valence-electron chi connectivity index (χ3n) is 2.70. The van der Waals surface area contributed by atoms with Crippen molar-refractivity contribution >= 4 is 17.8 Å². The van der Waals surface area contributed by atoms with E-state index in [4.69, 9.17) is 0 Å². The van der Waals surface area contributed by atoms with Crippen molar-refractivity contribution < 1.29 is 4.79 Å². The lowest BCUT2D eigenvalue weighted by atomic mass is 10.1. The Morgan fingerprint density at radius 2 is 2.50 bits per heavy atom. The number of hydrogen-bond donors (Lipinski definition) is 1. The second-order valence-corrected chi connectivity index (χ2v) is 4.78. The predicted octanol–water partition coefficient (Wildman–Crippen LogP) is 0.904. The molecule has 0 bridgehead atoms. The van der Waals surface area contributed by atoms with Crippen molar-refractivity contribution in [3.63, 3.8) is 0 Å². The normalized spacial score (nSPS) is 40.0. The third-order valence-corrected chi connectivity index (χ3v) is 4.06. The van der Waals surface area contributed by atoms with E-state index in [-0.39, 0.29) is 6.03 Å². The summed E-state index contributed by atoms with van der Waals surface area (Å²) >= 11 is 1.95. The number of carbonyl (C=O) groups is 1. The topological polar surface area (TPSA) is 32.3 Å². The Bertz CT molecular complexity index is 209. The quantitative estimate of drug-likeness (QED) is 0.617. The number of carbonyl (C=O) groups excluding carboxylic acids is 1. The highest BCUT2D eigenvalue weighted by molar-refractivity contribution is 8.00. The highest BCUT2D eigenvalue weighted by Crippen LogP contribution is 2.33. The number of thioether (sulfide) groups is 1. The fourth-order valence-electron chi connectivity index (χ4n) is 2.11. The third kappa shape index (κ3) is 1.01. The summed E-state index contributed by atoms with van der Waals surface area (Å²) in [4.78, 5) is 13.3. The molecular formula is C8H14N2OS. The summed E-state index contributed by atoms with van der Waals surface area (Å²) in [7, 11) is 0. The van der Waals surface area contributed by atoms with Crippen LogP contribution in [0, 0.1) is 0 Å². The van der Waals surface area contributed by atoms with Crippen LogP contribution in [0.3, 0.4) is 0 Å². The minimum absolute atomic E-state index is 0.125. The molecule has 68 valence electrons. The maximum atomic E-state index is 11.4. The van der Waals surface area contributed by atoms with Crippen LogP contribution in [0.5, 0.6) is 0 Å². The van der Waals surface area contributed by atoms with Crippen molar-refractivity contribution in [3.8, 4) is 0 Å². The van der Waals surface area contributed by atoms with Crippen LogP contribution in [-0.4, -0.2) is 40.6 Å². The molecule has 1 N–H and O–H groups in total. The van der Waals surface area contributed by atoms with Crippen molar-refractivity contribution in [1.82, 2.24) is 10.2 Å². The van der Waals surface area contributed by atoms with Gasteiger partial charge in [-0.05, 0) is 6.92 Å². The molecule has 2 rings (SSSR count). The van der Waals surface area contributed by atoms with Crippen LogP contribution < -0.4 is 5.32 Å². The van der Waals surface area contributed by atoms with Gasteiger partial charge in [-0.25, -0.2) is 4.79 Å². The fraction of sp³-hybridized carbons (Fsp3) is 0.875. The van der Waals surface area contributed by atoms with E-state index in [0.29, 0.717) is 17.3 Å². The number of rotatable bonds is 1. The van der Waals surface area contributed by atoms with Crippen molar-refractivity contribution in [2.24, 2.45) is 0 Å². The van der Waals surface area contributed by atoms with Gasteiger partial charge < -0.3 is 10.2 Å². The minimum atomic E-state index is 0.125. The van der Waals surface area contributed by atoms with Gasteiger partial charge in [0.25, 0.3) is 0 Å². The van der Waals surface area contributed by atoms with E-state index in [1.54, 1.807) is 0 Å². The summed E-state index contributed by atoms with van der Waals surface area (Å²) < 4.78 is 0. The molecule has 0 aromatic heterocycles. The molecule has 2 aliphatic rings. The molecule has 2 amide bonds. The number of nitrogens with one attached hydrogen (secondary N) is 1. The van der Waals surface area contributed by atoms with Gasteiger partial charge in [0, 0.05) is 17.5 Å². The van der Waals surface area contributed by atoms with Gasteiger partial charge in [0.1, 0.15) is 0 Å². The number of amides is 2. The Labute approximate surface area is 76.9 Å². The van der Waals surface area contributed by atoms with E-state index in [1.807, 2.05) is 23.6 Å². The molecule has 2 fully saturated rings. The van der Waals surface area contributed by atoms with Crippen molar-refractivity contribution in [2.75, 3.05) is 12.3 Å². The smallest absolute Gasteiger partial charge is 0.318 e. The molecule has 12 heavy (non-hydrogen) atoms. The molecule has 2 heterocycles. The second kappa shape index (κ2) is 2.83. The van der Waals surface area contributed by atoms with Crippen molar-refractivity contribution in [1.29, 1.82) is 0 Å². The van der Waals surface area contributed by atoms with E-state index < -0.39 is 0 Å². The van der Waals surface area contributed by atoms with Gasteiger partial charge in [0.15, 0.2) is 0 Å². The summed E-state index contributed by atoms with van der Waals surface area (Å²) in [5.74, 6) is 1.08. The zero-order chi connectivity index (χ0) is 8.72. The maximum Gasteiger partial charge on any atom is 0.318 e. The summed E-state index contributed by atoms with van der Waals surface area (Å²) in [5, 5.41) is 3.60. The van der Waals surface area contributed by atoms with Crippen molar-refractivity contribution in [3.05, 3.63) is 0 Å². The Hall–Kier alpha value is -0.380. The van der Waals surface area contributed by atoms with Gasteiger partial charge in [-0.2, -0.15) is 11.8 Å². The van der Waals surface area contributed by atoms with Crippen LogP contribution in [0.4, 0.5) is 4.79 Å². The van der Waals surface area contributed by atoms with Crippen LogP contribution in [0.15, 0.2) is 0 Å². The van der Waals surface area contributed by atoms with Crippen LogP contribution in [-0.2, 0) is 0 Å². The summed E-state index contributed by atoms with van der Waals surface area (Å²) in [5.41, 5.74) is 0. The maximum absolute atomic E-state index is 11.4. The molecule has 3 nitrogen and oxygen atoms in total. The molecule has 0 aromatic rings. The van der Waals surface area contributed by atoms with E-state index >= 15 is 0 Å². The zero-order valence-corrected chi connectivity index (χ0v) is 8.23. The molecular weight excluding hydrogens is 172 g/mol. The van der Waals surface area contributed by atoms with Gasteiger partial charge in [-0.15, -0.1) is 0 Å². The summed E-state index contributed by atoms with van der Waals surface area (Å²) in [6.07, 6.45) is 0.